The van der Waals surface area contributed by atoms with Crippen LogP contribution in [0.25, 0.3) is 6.08 Å². The van der Waals surface area contributed by atoms with E-state index in [1.807, 2.05) is 49.4 Å². The molecule has 0 bridgehead atoms. The van der Waals surface area contributed by atoms with Crippen LogP contribution < -0.4 is 19.5 Å². The SMILES string of the molecule is COc1cc(C=C2SC(=S)NC2=O)ccc1OCCCOc1ccccc1C. The molecule has 1 fully saturated rings. The molecule has 1 aliphatic heterocycles. The fraction of sp³-hybridized carbons (Fsp3) is 0.238. The lowest BCUT2D eigenvalue weighted by Crippen LogP contribution is -2.17. The molecule has 2 aromatic rings. The Bertz CT molecular complexity index is 911. The molecule has 0 atom stereocenters. The number of carbonyl (C=O) groups is 1. The van der Waals surface area contributed by atoms with Gasteiger partial charge >= 0.3 is 0 Å². The van der Waals surface area contributed by atoms with Crippen LogP contribution in [0.15, 0.2) is 47.4 Å². The highest BCUT2D eigenvalue weighted by Crippen LogP contribution is 2.31. The molecule has 2 aromatic carbocycles. The molecular weight excluding hydrogens is 394 g/mol. The fourth-order valence-electron chi connectivity index (χ4n) is 2.61. The summed E-state index contributed by atoms with van der Waals surface area (Å²) in [6.45, 7) is 3.10. The first-order valence-corrected chi connectivity index (χ1v) is 10.0. The molecule has 1 heterocycles. The number of thioether (sulfide) groups is 1. The summed E-state index contributed by atoms with van der Waals surface area (Å²) >= 11 is 6.25. The van der Waals surface area contributed by atoms with Gasteiger partial charge in [0.05, 0.1) is 25.2 Å². The zero-order valence-corrected chi connectivity index (χ0v) is 17.3. The number of para-hydroxylation sites is 1. The second-order valence-corrected chi connectivity index (χ2v) is 7.80. The van der Waals surface area contributed by atoms with E-state index < -0.39 is 0 Å². The van der Waals surface area contributed by atoms with E-state index in [4.69, 9.17) is 26.4 Å². The van der Waals surface area contributed by atoms with Crippen LogP contribution in [0.4, 0.5) is 0 Å². The third kappa shape index (κ3) is 5.27. The molecule has 0 spiro atoms. The number of carbonyl (C=O) groups excluding carboxylic acids is 1. The first kappa shape index (κ1) is 20.2. The van der Waals surface area contributed by atoms with Gasteiger partial charge in [0, 0.05) is 6.42 Å². The van der Waals surface area contributed by atoms with E-state index in [1.54, 1.807) is 13.2 Å². The van der Waals surface area contributed by atoms with Crippen LogP contribution in [0.5, 0.6) is 17.2 Å². The van der Waals surface area contributed by atoms with Gasteiger partial charge in [-0.05, 0) is 42.3 Å². The van der Waals surface area contributed by atoms with Gasteiger partial charge in [-0.25, -0.2) is 0 Å². The summed E-state index contributed by atoms with van der Waals surface area (Å²) in [6, 6.07) is 13.5. The highest BCUT2D eigenvalue weighted by atomic mass is 32.2. The normalized spacial score (nSPS) is 14.9. The Morgan fingerprint density at radius 2 is 1.82 bits per heavy atom. The largest absolute Gasteiger partial charge is 0.493 e. The van der Waals surface area contributed by atoms with Crippen molar-refractivity contribution in [1.29, 1.82) is 0 Å². The van der Waals surface area contributed by atoms with Crippen molar-refractivity contribution < 1.29 is 19.0 Å². The van der Waals surface area contributed by atoms with E-state index in [0.29, 0.717) is 33.9 Å². The molecule has 0 unspecified atom stereocenters. The van der Waals surface area contributed by atoms with Gasteiger partial charge in [-0.2, -0.15) is 0 Å². The number of rotatable bonds is 8. The number of hydrogen-bond acceptors (Lipinski definition) is 6. The van der Waals surface area contributed by atoms with E-state index in [9.17, 15) is 4.79 Å². The van der Waals surface area contributed by atoms with Crippen LogP contribution in [-0.4, -0.2) is 30.6 Å². The first-order chi connectivity index (χ1) is 13.6. The summed E-state index contributed by atoms with van der Waals surface area (Å²) in [4.78, 5) is 12.3. The van der Waals surface area contributed by atoms with E-state index in [0.717, 1.165) is 23.3 Å². The predicted molar refractivity (Wildman–Crippen MR) is 116 cm³/mol. The molecule has 3 rings (SSSR count). The Labute approximate surface area is 174 Å². The molecule has 146 valence electrons. The Morgan fingerprint density at radius 1 is 1.07 bits per heavy atom. The van der Waals surface area contributed by atoms with Gasteiger partial charge in [-0.3, -0.25) is 4.79 Å². The molecule has 7 heteroatoms. The lowest BCUT2D eigenvalue weighted by molar-refractivity contribution is -0.115. The number of thiocarbonyl (C=S) groups is 1. The second-order valence-electron chi connectivity index (χ2n) is 6.08. The van der Waals surface area contributed by atoms with Gasteiger partial charge < -0.3 is 19.5 Å². The zero-order valence-electron chi connectivity index (χ0n) is 15.7. The molecule has 28 heavy (non-hydrogen) atoms. The topological polar surface area (TPSA) is 56.8 Å². The lowest BCUT2D eigenvalue weighted by atomic mass is 10.2. The van der Waals surface area contributed by atoms with Crippen molar-refractivity contribution in [3.05, 3.63) is 58.5 Å². The lowest BCUT2D eigenvalue weighted by Gasteiger charge is -2.12. The molecule has 0 aromatic heterocycles. The molecule has 0 radical (unpaired) electrons. The van der Waals surface area contributed by atoms with Crippen molar-refractivity contribution >= 4 is 40.3 Å². The van der Waals surface area contributed by atoms with Crippen molar-refractivity contribution in [2.24, 2.45) is 0 Å². The maximum atomic E-state index is 11.8. The van der Waals surface area contributed by atoms with Crippen LogP contribution >= 0.6 is 24.0 Å². The summed E-state index contributed by atoms with van der Waals surface area (Å²) < 4.78 is 17.5. The summed E-state index contributed by atoms with van der Waals surface area (Å²) in [5.74, 6) is 1.98. The third-order valence-electron chi connectivity index (χ3n) is 4.02. The molecule has 1 saturated heterocycles. The molecule has 1 amide bonds. The third-order valence-corrected chi connectivity index (χ3v) is 5.19. The Kier molecular flexibility index (Phi) is 6.95. The molecule has 5 nitrogen and oxygen atoms in total. The van der Waals surface area contributed by atoms with Gasteiger partial charge in [0.1, 0.15) is 10.1 Å². The monoisotopic (exact) mass is 415 g/mol. The van der Waals surface area contributed by atoms with E-state index in [-0.39, 0.29) is 5.91 Å². The zero-order chi connectivity index (χ0) is 19.9. The average Bonchev–Trinajstić information content (AvgIpc) is 3.00. The minimum Gasteiger partial charge on any atom is -0.493 e. The van der Waals surface area contributed by atoms with E-state index >= 15 is 0 Å². The number of aryl methyl sites for hydroxylation is 1. The average molecular weight is 416 g/mol. The van der Waals surface area contributed by atoms with Gasteiger partial charge in [0.15, 0.2) is 11.5 Å². The van der Waals surface area contributed by atoms with Crippen molar-refractivity contribution in [3.8, 4) is 17.2 Å². The quantitative estimate of drug-likeness (QED) is 0.393. The van der Waals surface area contributed by atoms with Crippen LogP contribution in [0.1, 0.15) is 17.5 Å². The highest BCUT2D eigenvalue weighted by Gasteiger charge is 2.22. The number of benzene rings is 2. The number of nitrogens with one attached hydrogen (secondary N) is 1. The maximum Gasteiger partial charge on any atom is 0.263 e. The molecule has 1 aliphatic rings. The van der Waals surface area contributed by atoms with E-state index in [1.165, 1.54) is 11.8 Å². The van der Waals surface area contributed by atoms with Gasteiger partial charge in [-0.15, -0.1) is 0 Å². The second kappa shape index (κ2) is 9.61. The Hall–Kier alpha value is -2.51. The van der Waals surface area contributed by atoms with E-state index in [2.05, 4.69) is 5.32 Å². The first-order valence-electron chi connectivity index (χ1n) is 8.81. The summed E-state index contributed by atoms with van der Waals surface area (Å²) in [5, 5.41) is 2.60. The summed E-state index contributed by atoms with van der Waals surface area (Å²) in [5.41, 5.74) is 1.96. The Balaban J connectivity index is 1.54. The molecule has 0 aliphatic carbocycles. The standard InChI is InChI=1S/C21H21NO4S2/c1-14-6-3-4-7-16(14)25-10-5-11-26-17-9-8-15(12-18(17)24-2)13-19-20(23)22-21(27)28-19/h3-4,6-9,12-13H,5,10-11H2,1-2H3,(H,22,23,27). The summed E-state index contributed by atoms with van der Waals surface area (Å²) in [6.07, 6.45) is 2.53. The number of ether oxygens (including phenoxy) is 3. The van der Waals surface area contributed by atoms with Crippen molar-refractivity contribution in [3.63, 3.8) is 0 Å². The summed E-state index contributed by atoms with van der Waals surface area (Å²) in [7, 11) is 1.59. The molecule has 0 saturated carbocycles. The predicted octanol–water partition coefficient (Wildman–Crippen LogP) is 4.34. The van der Waals surface area contributed by atoms with Gasteiger partial charge in [-0.1, -0.05) is 48.2 Å². The van der Waals surface area contributed by atoms with Crippen LogP contribution in [0, 0.1) is 6.92 Å². The number of amides is 1. The highest BCUT2D eigenvalue weighted by molar-refractivity contribution is 8.26. The smallest absolute Gasteiger partial charge is 0.263 e. The number of methoxy groups -OCH3 is 1. The van der Waals surface area contributed by atoms with Gasteiger partial charge in [0.25, 0.3) is 5.91 Å². The van der Waals surface area contributed by atoms with Crippen molar-refractivity contribution in [1.82, 2.24) is 5.32 Å². The minimum absolute atomic E-state index is 0.178. The fourth-order valence-corrected chi connectivity index (χ4v) is 3.65. The van der Waals surface area contributed by atoms with Gasteiger partial charge in [0.2, 0.25) is 0 Å². The van der Waals surface area contributed by atoms with Crippen LogP contribution in [0.3, 0.4) is 0 Å². The molecular formula is C21H21NO4S2. The van der Waals surface area contributed by atoms with Crippen LogP contribution in [0.2, 0.25) is 0 Å². The molecule has 1 N–H and O–H groups in total. The number of hydrogen-bond donors (Lipinski definition) is 1. The minimum atomic E-state index is -0.178. The maximum absolute atomic E-state index is 11.8. The Morgan fingerprint density at radius 3 is 2.50 bits per heavy atom. The van der Waals surface area contributed by atoms with Crippen LogP contribution in [-0.2, 0) is 4.79 Å². The van der Waals surface area contributed by atoms with Crippen molar-refractivity contribution in [2.45, 2.75) is 13.3 Å². The van der Waals surface area contributed by atoms with Crippen molar-refractivity contribution in [2.75, 3.05) is 20.3 Å².